The fraction of sp³-hybridized carbons (Fsp3) is 0.167. The zero-order chi connectivity index (χ0) is 21.6. The van der Waals surface area contributed by atoms with Crippen molar-refractivity contribution in [1.29, 1.82) is 0 Å². The normalized spacial score (nSPS) is 11.6. The van der Waals surface area contributed by atoms with Gasteiger partial charge in [-0.25, -0.2) is 18.2 Å². The molecule has 2 N–H and O–H groups in total. The number of hydrogen-bond donors (Lipinski definition) is 2. The van der Waals surface area contributed by atoms with Crippen LogP contribution in [-0.2, 0) is 19.6 Å². The van der Waals surface area contributed by atoms with Crippen molar-refractivity contribution in [3.8, 4) is 0 Å². The van der Waals surface area contributed by atoms with Crippen LogP contribution in [0.3, 0.4) is 0 Å². The number of hydrazone groups is 1. The van der Waals surface area contributed by atoms with Gasteiger partial charge in [0.15, 0.2) is 0 Å². The average molecular weight is 441 g/mol. The summed E-state index contributed by atoms with van der Waals surface area (Å²) in [5.41, 5.74) is 2.56. The second-order valence-corrected chi connectivity index (χ2v) is 8.35. The molecule has 29 heavy (non-hydrogen) atoms. The van der Waals surface area contributed by atoms with E-state index in [4.69, 9.17) is 11.6 Å². The molecule has 0 saturated carbocycles. The van der Waals surface area contributed by atoms with Crippen molar-refractivity contribution >= 4 is 45.3 Å². The predicted molar refractivity (Wildman–Crippen MR) is 108 cm³/mol. The van der Waals surface area contributed by atoms with E-state index in [1.807, 2.05) is 0 Å². The lowest BCUT2D eigenvalue weighted by atomic mass is 10.2. The van der Waals surface area contributed by atoms with Gasteiger partial charge in [-0.2, -0.15) is 9.41 Å². The van der Waals surface area contributed by atoms with Gasteiger partial charge in [-0.3, -0.25) is 9.59 Å². The molecule has 0 spiro atoms. The Balaban J connectivity index is 2.00. The second-order valence-electron chi connectivity index (χ2n) is 5.90. The van der Waals surface area contributed by atoms with Gasteiger partial charge < -0.3 is 5.32 Å². The first-order valence-corrected chi connectivity index (χ1v) is 10.0. The maximum absolute atomic E-state index is 13.6. The summed E-state index contributed by atoms with van der Waals surface area (Å²) in [6.07, 6.45) is 1.03. The maximum atomic E-state index is 13.6. The van der Waals surface area contributed by atoms with Gasteiger partial charge in [0, 0.05) is 25.2 Å². The molecule has 0 saturated heterocycles. The van der Waals surface area contributed by atoms with Gasteiger partial charge >= 0.3 is 0 Å². The summed E-state index contributed by atoms with van der Waals surface area (Å²) in [7, 11) is -2.71. The summed E-state index contributed by atoms with van der Waals surface area (Å²) in [6.45, 7) is 0.817. The highest BCUT2D eigenvalue weighted by Crippen LogP contribution is 2.18. The van der Waals surface area contributed by atoms with Crippen molar-refractivity contribution in [3.63, 3.8) is 0 Å². The van der Waals surface area contributed by atoms with E-state index in [2.05, 4.69) is 15.8 Å². The van der Waals surface area contributed by atoms with E-state index >= 15 is 0 Å². The van der Waals surface area contributed by atoms with Crippen molar-refractivity contribution in [3.05, 3.63) is 58.9 Å². The molecule has 2 aromatic rings. The lowest BCUT2D eigenvalue weighted by Crippen LogP contribution is -2.36. The molecule has 0 aromatic heterocycles. The van der Waals surface area contributed by atoms with Crippen molar-refractivity contribution in [2.45, 2.75) is 11.8 Å². The van der Waals surface area contributed by atoms with E-state index in [-0.39, 0.29) is 21.4 Å². The maximum Gasteiger partial charge on any atom is 0.255 e. The van der Waals surface area contributed by atoms with Crippen LogP contribution in [0.25, 0.3) is 0 Å². The molecule has 0 heterocycles. The first-order valence-electron chi connectivity index (χ1n) is 8.21. The highest BCUT2D eigenvalue weighted by Gasteiger charge is 2.22. The number of halogens is 2. The molecule has 0 aliphatic rings. The Bertz CT molecular complexity index is 1020. The minimum Gasteiger partial charge on any atom is -0.326 e. The topological polar surface area (TPSA) is 108 Å². The summed E-state index contributed by atoms with van der Waals surface area (Å²) in [5.74, 6) is -1.63. The Labute approximate surface area is 172 Å². The third-order valence-corrected chi connectivity index (χ3v) is 5.78. The molecule has 0 radical (unpaired) electrons. The summed E-state index contributed by atoms with van der Waals surface area (Å²) >= 11 is 5.84. The minimum absolute atomic E-state index is 0.00490. The third kappa shape index (κ3) is 6.08. The van der Waals surface area contributed by atoms with Crippen molar-refractivity contribution in [2.24, 2.45) is 5.10 Å². The lowest BCUT2D eigenvalue weighted by molar-refractivity contribution is -0.121. The SMILES string of the molecule is CC(=O)Nc1ccc(S(=O)(=O)N(C)CC(=O)N/N=C\c2c(F)cccc2Cl)cc1. The number of amides is 2. The first kappa shape index (κ1) is 22.5. The number of nitrogens with zero attached hydrogens (tertiary/aromatic N) is 2. The molecular formula is C18H18ClFN4O4S. The van der Waals surface area contributed by atoms with Gasteiger partial charge in [0.05, 0.1) is 22.7 Å². The predicted octanol–water partition coefficient (Wildman–Crippen LogP) is 2.21. The van der Waals surface area contributed by atoms with Gasteiger partial charge in [0.25, 0.3) is 5.91 Å². The second kappa shape index (κ2) is 9.59. The number of sulfonamides is 1. The lowest BCUT2D eigenvalue weighted by Gasteiger charge is -2.16. The Kier molecular flexibility index (Phi) is 7.43. The Morgan fingerprint density at radius 2 is 1.86 bits per heavy atom. The monoisotopic (exact) mass is 440 g/mol. The van der Waals surface area contributed by atoms with Crippen molar-refractivity contribution in [1.82, 2.24) is 9.73 Å². The van der Waals surface area contributed by atoms with E-state index in [0.717, 1.165) is 10.5 Å². The average Bonchev–Trinajstić information content (AvgIpc) is 2.64. The molecule has 0 bridgehead atoms. The Morgan fingerprint density at radius 3 is 2.45 bits per heavy atom. The molecule has 2 amide bonds. The van der Waals surface area contributed by atoms with Crippen LogP contribution in [0.1, 0.15) is 12.5 Å². The van der Waals surface area contributed by atoms with Gasteiger partial charge in [0.1, 0.15) is 5.82 Å². The summed E-state index contributed by atoms with van der Waals surface area (Å²) in [4.78, 5) is 22.9. The molecule has 11 heteroatoms. The van der Waals surface area contributed by atoms with Crippen LogP contribution in [0.15, 0.2) is 52.5 Å². The van der Waals surface area contributed by atoms with Crippen LogP contribution in [0.2, 0.25) is 5.02 Å². The molecule has 0 unspecified atom stereocenters. The van der Waals surface area contributed by atoms with Crippen LogP contribution >= 0.6 is 11.6 Å². The molecular weight excluding hydrogens is 423 g/mol. The molecule has 0 aliphatic heterocycles. The number of hydrogen-bond acceptors (Lipinski definition) is 5. The standard InChI is InChI=1S/C18H18ClFN4O4S/c1-12(25)22-13-6-8-14(9-7-13)29(27,28)24(2)11-18(26)23-21-10-15-16(19)4-3-5-17(15)20/h3-10H,11H2,1-2H3,(H,22,25)(H,23,26)/b21-10-. The number of nitrogens with one attached hydrogen (secondary N) is 2. The van der Waals surface area contributed by atoms with Gasteiger partial charge in [-0.05, 0) is 36.4 Å². The summed E-state index contributed by atoms with van der Waals surface area (Å²) in [6, 6.07) is 9.57. The van der Waals surface area contributed by atoms with Crippen LogP contribution in [0, 0.1) is 5.82 Å². The molecule has 0 aliphatic carbocycles. The largest absolute Gasteiger partial charge is 0.326 e. The molecule has 2 rings (SSSR count). The smallest absolute Gasteiger partial charge is 0.255 e. The van der Waals surface area contributed by atoms with Crippen molar-refractivity contribution < 1.29 is 22.4 Å². The minimum atomic E-state index is -3.94. The number of rotatable bonds is 7. The van der Waals surface area contributed by atoms with Crippen molar-refractivity contribution in [2.75, 3.05) is 18.9 Å². The van der Waals surface area contributed by atoms with Crippen LogP contribution in [0.4, 0.5) is 10.1 Å². The molecule has 2 aromatic carbocycles. The van der Waals surface area contributed by atoms with Gasteiger partial charge in [-0.1, -0.05) is 17.7 Å². The number of anilines is 1. The highest BCUT2D eigenvalue weighted by atomic mass is 35.5. The number of likely N-dealkylation sites (N-methyl/N-ethyl adjacent to an activating group) is 1. The zero-order valence-corrected chi connectivity index (χ0v) is 17.1. The van der Waals surface area contributed by atoms with Crippen LogP contribution in [0.5, 0.6) is 0 Å². The highest BCUT2D eigenvalue weighted by molar-refractivity contribution is 7.89. The number of carbonyl (C=O) groups is 2. The zero-order valence-electron chi connectivity index (χ0n) is 15.5. The molecule has 8 nitrogen and oxygen atoms in total. The van der Waals surface area contributed by atoms with E-state index < -0.39 is 28.3 Å². The fourth-order valence-electron chi connectivity index (χ4n) is 2.22. The fourth-order valence-corrected chi connectivity index (χ4v) is 3.56. The number of carbonyl (C=O) groups excluding carboxylic acids is 2. The quantitative estimate of drug-likeness (QED) is 0.508. The van der Waals surface area contributed by atoms with E-state index in [9.17, 15) is 22.4 Å². The molecule has 154 valence electrons. The van der Waals surface area contributed by atoms with E-state index in [0.29, 0.717) is 5.69 Å². The molecule has 0 atom stereocenters. The van der Waals surface area contributed by atoms with E-state index in [1.54, 1.807) is 0 Å². The molecule has 0 fully saturated rings. The van der Waals surface area contributed by atoms with E-state index in [1.165, 1.54) is 56.4 Å². The van der Waals surface area contributed by atoms with Gasteiger partial charge in [0.2, 0.25) is 15.9 Å². The summed E-state index contributed by atoms with van der Waals surface area (Å²) < 4.78 is 39.5. The van der Waals surface area contributed by atoms with Crippen LogP contribution < -0.4 is 10.7 Å². The Morgan fingerprint density at radius 1 is 1.21 bits per heavy atom. The summed E-state index contributed by atoms with van der Waals surface area (Å²) in [5, 5.41) is 6.24. The van der Waals surface area contributed by atoms with Crippen LogP contribution in [-0.4, -0.2) is 44.3 Å². The first-order chi connectivity index (χ1) is 13.6. The van der Waals surface area contributed by atoms with Gasteiger partial charge in [-0.15, -0.1) is 0 Å². The number of benzene rings is 2. The Hall–Kier alpha value is -2.82. The third-order valence-electron chi connectivity index (χ3n) is 3.63.